The summed E-state index contributed by atoms with van der Waals surface area (Å²) in [5.41, 5.74) is 0. The number of halogens is 3. The van der Waals surface area contributed by atoms with Crippen LogP contribution in [0.2, 0.25) is 0 Å². The summed E-state index contributed by atoms with van der Waals surface area (Å²) < 4.78 is 28.2. The van der Waals surface area contributed by atoms with E-state index in [4.69, 9.17) is 0 Å². The first-order chi connectivity index (χ1) is 10.3. The third kappa shape index (κ3) is 4.84. The van der Waals surface area contributed by atoms with Gasteiger partial charge in [0, 0.05) is 41.7 Å². The number of carbonyl (C=O) groups excluding carboxylic acids is 2. The number of amides is 1. The number of nitrogens with one attached hydrogen (secondary N) is 1. The van der Waals surface area contributed by atoms with Gasteiger partial charge in [-0.15, -0.1) is 0 Å². The molecule has 2 aliphatic rings. The molecule has 0 spiro atoms. The lowest BCUT2D eigenvalue weighted by Gasteiger charge is -2.31. The number of carbonyl (C=O) groups is 2. The van der Waals surface area contributed by atoms with Gasteiger partial charge in [-0.05, 0) is 25.7 Å². The lowest BCUT2D eigenvalue weighted by molar-refractivity contribution is -0.126. The number of Topliss-reactive ketones (excluding diaryl/α,β-unsaturated/α-hetero) is 1. The van der Waals surface area contributed by atoms with Crippen molar-refractivity contribution in [2.45, 2.75) is 69.9 Å². The molecule has 0 radical (unpaired) electrons. The largest absolute Gasteiger partial charge is 0.351 e. The Bertz CT molecular complexity index is 428. The van der Waals surface area contributed by atoms with Gasteiger partial charge in [0.1, 0.15) is 11.8 Å². The fraction of sp³-hybridized carbons (Fsp3) is 0.867. The molecule has 0 bridgehead atoms. The van der Waals surface area contributed by atoms with Gasteiger partial charge in [0.25, 0.3) is 5.92 Å². The summed E-state index contributed by atoms with van der Waals surface area (Å²) in [7, 11) is 0. The highest BCUT2D eigenvalue weighted by Crippen LogP contribution is 2.35. The Balaban J connectivity index is 1.99. The summed E-state index contributed by atoms with van der Waals surface area (Å²) in [6, 6.07) is -1.03. The highest BCUT2D eigenvalue weighted by atomic mass is 127. The van der Waals surface area contributed by atoms with Crippen molar-refractivity contribution in [3.05, 3.63) is 0 Å². The van der Waals surface area contributed by atoms with Crippen LogP contribution < -0.4 is 5.32 Å². The molecule has 2 atom stereocenters. The molecule has 1 amide bonds. The molecule has 4 nitrogen and oxygen atoms in total. The Morgan fingerprint density at radius 3 is 2.45 bits per heavy atom. The average molecular weight is 428 g/mol. The standard InChI is InChI=1S/C15H23F2IN2O2/c1-10(21)7-12(11-5-3-2-4-6-11)19-14(22)13-8-15(16,17)9-20(13)18/h11-13H,2-9H2,1H3,(H,19,22)/t12-,13+/m1/s1. The van der Waals surface area contributed by atoms with E-state index in [2.05, 4.69) is 5.32 Å². The molecule has 126 valence electrons. The van der Waals surface area contributed by atoms with Crippen LogP contribution in [0.25, 0.3) is 0 Å². The van der Waals surface area contributed by atoms with Crippen LogP contribution in [-0.2, 0) is 9.59 Å². The SMILES string of the molecule is CC(=O)C[C@@H](NC(=O)[C@@H]1CC(F)(F)CN1I)C1CCCCC1. The summed E-state index contributed by atoms with van der Waals surface area (Å²) in [4.78, 5) is 23.9. The maximum absolute atomic E-state index is 13.4. The zero-order chi connectivity index (χ0) is 16.3. The normalized spacial score (nSPS) is 27.5. The first kappa shape index (κ1) is 18.0. The molecule has 0 unspecified atom stereocenters. The number of hydrogen-bond donors (Lipinski definition) is 1. The van der Waals surface area contributed by atoms with Crippen LogP contribution in [0.5, 0.6) is 0 Å². The Morgan fingerprint density at radius 1 is 1.32 bits per heavy atom. The predicted octanol–water partition coefficient (Wildman–Crippen LogP) is 3.09. The first-order valence-electron chi connectivity index (χ1n) is 7.88. The molecular weight excluding hydrogens is 405 g/mol. The van der Waals surface area contributed by atoms with Crippen molar-refractivity contribution >= 4 is 34.6 Å². The van der Waals surface area contributed by atoms with Crippen molar-refractivity contribution in [1.82, 2.24) is 8.43 Å². The minimum atomic E-state index is -2.82. The topological polar surface area (TPSA) is 49.4 Å². The molecule has 22 heavy (non-hydrogen) atoms. The molecule has 2 fully saturated rings. The van der Waals surface area contributed by atoms with E-state index < -0.39 is 24.9 Å². The van der Waals surface area contributed by atoms with Gasteiger partial charge in [-0.25, -0.2) is 11.9 Å². The minimum Gasteiger partial charge on any atom is -0.351 e. The molecule has 1 N–H and O–H groups in total. The summed E-state index contributed by atoms with van der Waals surface area (Å²) in [5.74, 6) is -2.88. The van der Waals surface area contributed by atoms with Crippen LogP contribution in [0.3, 0.4) is 0 Å². The van der Waals surface area contributed by atoms with Crippen LogP contribution in [-0.4, -0.2) is 39.4 Å². The molecular formula is C15H23F2IN2O2. The van der Waals surface area contributed by atoms with Gasteiger partial charge in [0.05, 0.1) is 6.54 Å². The van der Waals surface area contributed by atoms with Gasteiger partial charge in [-0.3, -0.25) is 9.59 Å². The third-order valence-corrected chi connectivity index (χ3v) is 5.58. The van der Waals surface area contributed by atoms with Crippen molar-refractivity contribution < 1.29 is 18.4 Å². The molecule has 0 aromatic rings. The van der Waals surface area contributed by atoms with Crippen molar-refractivity contribution in [2.75, 3.05) is 6.54 Å². The van der Waals surface area contributed by atoms with Crippen LogP contribution in [0, 0.1) is 5.92 Å². The van der Waals surface area contributed by atoms with Crippen molar-refractivity contribution in [1.29, 1.82) is 0 Å². The molecule has 1 saturated carbocycles. The second-order valence-electron chi connectivity index (χ2n) is 6.55. The van der Waals surface area contributed by atoms with Gasteiger partial charge in [0.2, 0.25) is 5.91 Å². The molecule has 1 heterocycles. The Morgan fingerprint density at radius 2 is 1.95 bits per heavy atom. The van der Waals surface area contributed by atoms with E-state index in [0.717, 1.165) is 25.7 Å². The molecule has 1 saturated heterocycles. The van der Waals surface area contributed by atoms with E-state index in [1.54, 1.807) is 22.9 Å². The first-order valence-corrected chi connectivity index (χ1v) is 8.85. The highest BCUT2D eigenvalue weighted by Gasteiger charge is 2.47. The number of hydrogen-bond acceptors (Lipinski definition) is 3. The second kappa shape index (κ2) is 7.51. The van der Waals surface area contributed by atoms with Crippen LogP contribution in [0.1, 0.15) is 51.9 Å². The fourth-order valence-electron chi connectivity index (χ4n) is 3.46. The summed E-state index contributed by atoms with van der Waals surface area (Å²) in [5, 5.41) is 2.89. The summed E-state index contributed by atoms with van der Waals surface area (Å²) >= 11 is 1.79. The van der Waals surface area contributed by atoms with Gasteiger partial charge in [-0.1, -0.05) is 19.3 Å². The van der Waals surface area contributed by atoms with E-state index in [0.29, 0.717) is 6.42 Å². The zero-order valence-electron chi connectivity index (χ0n) is 12.8. The van der Waals surface area contributed by atoms with Crippen LogP contribution in [0.4, 0.5) is 8.78 Å². The van der Waals surface area contributed by atoms with Crippen LogP contribution >= 0.6 is 22.9 Å². The molecule has 2 rings (SSSR count). The Labute approximate surface area is 143 Å². The van der Waals surface area contributed by atoms with E-state index in [9.17, 15) is 18.4 Å². The monoisotopic (exact) mass is 428 g/mol. The second-order valence-corrected chi connectivity index (χ2v) is 7.79. The van der Waals surface area contributed by atoms with Gasteiger partial charge in [-0.2, -0.15) is 0 Å². The number of nitrogens with zero attached hydrogens (tertiary/aromatic N) is 1. The maximum atomic E-state index is 13.4. The minimum absolute atomic E-state index is 0.0268. The Kier molecular flexibility index (Phi) is 6.15. The molecule has 1 aliphatic heterocycles. The molecule has 0 aromatic heterocycles. The van der Waals surface area contributed by atoms with Gasteiger partial charge < -0.3 is 5.32 Å². The molecule has 0 aromatic carbocycles. The zero-order valence-corrected chi connectivity index (χ0v) is 14.9. The number of rotatable bonds is 5. The van der Waals surface area contributed by atoms with Gasteiger partial charge >= 0.3 is 0 Å². The fourth-order valence-corrected chi connectivity index (χ4v) is 4.41. The molecule has 7 heteroatoms. The van der Waals surface area contributed by atoms with Crippen molar-refractivity contribution in [3.63, 3.8) is 0 Å². The van der Waals surface area contributed by atoms with Crippen LogP contribution in [0.15, 0.2) is 0 Å². The lowest BCUT2D eigenvalue weighted by atomic mass is 9.82. The summed E-state index contributed by atoms with van der Waals surface area (Å²) in [6.07, 6.45) is 5.23. The lowest BCUT2D eigenvalue weighted by Crippen LogP contribution is -2.48. The van der Waals surface area contributed by atoms with Crippen molar-refractivity contribution in [3.8, 4) is 0 Å². The van der Waals surface area contributed by atoms with E-state index in [1.165, 1.54) is 16.5 Å². The Hall–Kier alpha value is -0.310. The average Bonchev–Trinajstić information content (AvgIpc) is 2.72. The quantitative estimate of drug-likeness (QED) is 0.541. The smallest absolute Gasteiger partial charge is 0.263 e. The highest BCUT2D eigenvalue weighted by molar-refractivity contribution is 14.1. The van der Waals surface area contributed by atoms with E-state index in [1.807, 2.05) is 0 Å². The van der Waals surface area contributed by atoms with E-state index >= 15 is 0 Å². The van der Waals surface area contributed by atoms with Crippen molar-refractivity contribution in [2.24, 2.45) is 5.92 Å². The van der Waals surface area contributed by atoms with Gasteiger partial charge in [0.15, 0.2) is 0 Å². The summed E-state index contributed by atoms with van der Waals surface area (Å²) in [6.45, 7) is 1.11. The third-order valence-electron chi connectivity index (χ3n) is 4.57. The van der Waals surface area contributed by atoms with E-state index in [-0.39, 0.29) is 23.7 Å². The predicted molar refractivity (Wildman–Crippen MR) is 87.9 cm³/mol. The maximum Gasteiger partial charge on any atom is 0.263 e. The molecule has 1 aliphatic carbocycles. The number of alkyl halides is 2. The number of ketones is 1.